The lowest BCUT2D eigenvalue weighted by molar-refractivity contribution is 0.380. The highest BCUT2D eigenvalue weighted by molar-refractivity contribution is 5.32. The van der Waals surface area contributed by atoms with Gasteiger partial charge in [0, 0.05) is 6.42 Å². The van der Waals surface area contributed by atoms with Gasteiger partial charge in [0.1, 0.15) is 0 Å². The van der Waals surface area contributed by atoms with E-state index in [0.29, 0.717) is 5.76 Å². The van der Waals surface area contributed by atoms with E-state index in [4.69, 9.17) is 0 Å². The Bertz CT molecular complexity index is 175. The molecule has 0 aromatic carbocycles. The molecule has 50 valence electrons. The SMILES string of the molecule is CC1=CCCC(O)=C1C. The lowest BCUT2D eigenvalue weighted by Gasteiger charge is -2.10. The molecule has 0 radical (unpaired) electrons. The lowest BCUT2D eigenvalue weighted by atomic mass is 9.99. The Hall–Kier alpha value is -0.720. The van der Waals surface area contributed by atoms with Gasteiger partial charge in [-0.05, 0) is 31.4 Å². The summed E-state index contributed by atoms with van der Waals surface area (Å²) in [6, 6.07) is 0. The van der Waals surface area contributed by atoms with Crippen LogP contribution in [-0.4, -0.2) is 5.11 Å². The number of rotatable bonds is 0. The quantitative estimate of drug-likeness (QED) is 0.526. The van der Waals surface area contributed by atoms with Gasteiger partial charge in [0.15, 0.2) is 0 Å². The number of hydrogen-bond acceptors (Lipinski definition) is 1. The lowest BCUT2D eigenvalue weighted by Crippen LogP contribution is -1.94. The van der Waals surface area contributed by atoms with Crippen LogP contribution in [-0.2, 0) is 0 Å². The van der Waals surface area contributed by atoms with Crippen LogP contribution in [0, 0.1) is 0 Å². The predicted molar refractivity (Wildman–Crippen MR) is 38.3 cm³/mol. The van der Waals surface area contributed by atoms with Gasteiger partial charge in [0.05, 0.1) is 5.76 Å². The highest BCUT2D eigenvalue weighted by atomic mass is 16.3. The van der Waals surface area contributed by atoms with Gasteiger partial charge < -0.3 is 5.11 Å². The Balaban J connectivity index is 2.88. The molecule has 0 saturated carbocycles. The van der Waals surface area contributed by atoms with Crippen molar-refractivity contribution in [3.05, 3.63) is 23.0 Å². The van der Waals surface area contributed by atoms with Gasteiger partial charge in [-0.15, -0.1) is 0 Å². The molecule has 0 aliphatic heterocycles. The summed E-state index contributed by atoms with van der Waals surface area (Å²) in [6.07, 6.45) is 3.98. The first kappa shape index (κ1) is 6.40. The summed E-state index contributed by atoms with van der Waals surface area (Å²) in [7, 11) is 0. The second kappa shape index (κ2) is 2.26. The standard InChI is InChI=1S/C8H12O/c1-6-4-3-5-8(9)7(6)2/h4,9H,3,5H2,1-2H3. The zero-order valence-corrected chi connectivity index (χ0v) is 5.94. The molecule has 0 fully saturated rings. The van der Waals surface area contributed by atoms with Crippen LogP contribution in [0.5, 0.6) is 0 Å². The summed E-state index contributed by atoms with van der Waals surface area (Å²) >= 11 is 0. The first-order valence-corrected chi connectivity index (χ1v) is 3.27. The maximum Gasteiger partial charge on any atom is 0.0957 e. The number of aliphatic hydroxyl groups excluding tert-OH is 1. The molecular weight excluding hydrogens is 112 g/mol. The topological polar surface area (TPSA) is 20.2 Å². The number of aliphatic hydroxyl groups is 1. The molecule has 0 unspecified atom stereocenters. The number of allylic oxidation sites excluding steroid dienone is 4. The van der Waals surface area contributed by atoms with Crippen molar-refractivity contribution in [3.8, 4) is 0 Å². The first-order chi connectivity index (χ1) is 4.22. The zero-order valence-electron chi connectivity index (χ0n) is 5.94. The molecule has 0 spiro atoms. The van der Waals surface area contributed by atoms with Crippen molar-refractivity contribution < 1.29 is 5.11 Å². The van der Waals surface area contributed by atoms with Gasteiger partial charge in [-0.3, -0.25) is 0 Å². The predicted octanol–water partition coefficient (Wildman–Crippen LogP) is 2.56. The number of hydrogen-bond donors (Lipinski definition) is 1. The Morgan fingerprint density at radius 2 is 2.11 bits per heavy atom. The molecule has 1 N–H and O–H groups in total. The van der Waals surface area contributed by atoms with E-state index in [9.17, 15) is 5.11 Å². The molecule has 9 heavy (non-hydrogen) atoms. The minimum Gasteiger partial charge on any atom is -0.512 e. The van der Waals surface area contributed by atoms with E-state index in [0.717, 1.165) is 18.4 Å². The van der Waals surface area contributed by atoms with Crippen molar-refractivity contribution in [1.29, 1.82) is 0 Å². The largest absolute Gasteiger partial charge is 0.512 e. The molecule has 0 bridgehead atoms. The molecular formula is C8H12O. The zero-order chi connectivity index (χ0) is 6.85. The van der Waals surface area contributed by atoms with E-state index < -0.39 is 0 Å². The van der Waals surface area contributed by atoms with Gasteiger partial charge in [-0.25, -0.2) is 0 Å². The maximum atomic E-state index is 9.19. The summed E-state index contributed by atoms with van der Waals surface area (Å²) in [4.78, 5) is 0. The van der Waals surface area contributed by atoms with Crippen LogP contribution in [0.1, 0.15) is 26.7 Å². The van der Waals surface area contributed by atoms with Crippen LogP contribution in [0.25, 0.3) is 0 Å². The Kier molecular flexibility index (Phi) is 1.60. The third-order valence-corrected chi connectivity index (χ3v) is 1.86. The summed E-state index contributed by atoms with van der Waals surface area (Å²) in [5.74, 6) is 0.565. The summed E-state index contributed by atoms with van der Waals surface area (Å²) in [6.45, 7) is 3.99. The van der Waals surface area contributed by atoms with E-state index in [2.05, 4.69) is 6.08 Å². The first-order valence-electron chi connectivity index (χ1n) is 3.27. The van der Waals surface area contributed by atoms with Gasteiger partial charge in [-0.2, -0.15) is 0 Å². The normalized spacial score (nSPS) is 20.0. The van der Waals surface area contributed by atoms with E-state index in [1.807, 2.05) is 13.8 Å². The van der Waals surface area contributed by atoms with Crippen LogP contribution in [0.3, 0.4) is 0 Å². The maximum absolute atomic E-state index is 9.19. The third kappa shape index (κ3) is 1.15. The van der Waals surface area contributed by atoms with E-state index in [1.54, 1.807) is 0 Å². The van der Waals surface area contributed by atoms with Crippen molar-refractivity contribution in [2.45, 2.75) is 26.7 Å². The van der Waals surface area contributed by atoms with Crippen LogP contribution in [0.2, 0.25) is 0 Å². The summed E-state index contributed by atoms with van der Waals surface area (Å²) < 4.78 is 0. The fourth-order valence-electron chi connectivity index (χ4n) is 0.994. The van der Waals surface area contributed by atoms with Crippen LogP contribution in [0.4, 0.5) is 0 Å². The Morgan fingerprint density at radius 1 is 1.44 bits per heavy atom. The molecule has 1 rings (SSSR count). The van der Waals surface area contributed by atoms with Crippen molar-refractivity contribution >= 4 is 0 Å². The fraction of sp³-hybridized carbons (Fsp3) is 0.500. The van der Waals surface area contributed by atoms with E-state index in [-0.39, 0.29) is 0 Å². The smallest absolute Gasteiger partial charge is 0.0957 e. The minimum atomic E-state index is 0.565. The van der Waals surface area contributed by atoms with Crippen molar-refractivity contribution in [1.82, 2.24) is 0 Å². The molecule has 1 heteroatoms. The molecule has 0 aromatic heterocycles. The third-order valence-electron chi connectivity index (χ3n) is 1.86. The summed E-state index contributed by atoms with van der Waals surface area (Å²) in [5.41, 5.74) is 2.28. The molecule has 0 atom stereocenters. The van der Waals surface area contributed by atoms with Crippen LogP contribution in [0.15, 0.2) is 23.0 Å². The van der Waals surface area contributed by atoms with Crippen LogP contribution < -0.4 is 0 Å². The Morgan fingerprint density at radius 3 is 2.56 bits per heavy atom. The molecule has 1 aliphatic rings. The molecule has 0 saturated heterocycles. The Labute approximate surface area is 55.7 Å². The van der Waals surface area contributed by atoms with E-state index in [1.165, 1.54) is 5.57 Å². The van der Waals surface area contributed by atoms with Crippen LogP contribution >= 0.6 is 0 Å². The van der Waals surface area contributed by atoms with Crippen molar-refractivity contribution in [2.75, 3.05) is 0 Å². The minimum absolute atomic E-state index is 0.565. The monoisotopic (exact) mass is 124 g/mol. The molecule has 0 aromatic rings. The summed E-state index contributed by atoms with van der Waals surface area (Å²) in [5, 5.41) is 9.19. The highest BCUT2D eigenvalue weighted by Crippen LogP contribution is 2.21. The average Bonchev–Trinajstić information content (AvgIpc) is 1.83. The molecule has 1 aliphatic carbocycles. The molecule has 0 heterocycles. The van der Waals surface area contributed by atoms with Crippen molar-refractivity contribution in [2.24, 2.45) is 0 Å². The van der Waals surface area contributed by atoms with E-state index >= 15 is 0 Å². The van der Waals surface area contributed by atoms with Crippen molar-refractivity contribution in [3.63, 3.8) is 0 Å². The molecule has 0 amide bonds. The fourth-order valence-corrected chi connectivity index (χ4v) is 0.994. The second-order valence-electron chi connectivity index (χ2n) is 2.50. The second-order valence-corrected chi connectivity index (χ2v) is 2.50. The van der Waals surface area contributed by atoms with Gasteiger partial charge in [0.2, 0.25) is 0 Å². The van der Waals surface area contributed by atoms with Gasteiger partial charge >= 0.3 is 0 Å². The van der Waals surface area contributed by atoms with Gasteiger partial charge in [0.25, 0.3) is 0 Å². The highest BCUT2D eigenvalue weighted by Gasteiger charge is 2.05. The molecule has 1 nitrogen and oxygen atoms in total. The average molecular weight is 124 g/mol. The van der Waals surface area contributed by atoms with Gasteiger partial charge in [-0.1, -0.05) is 6.08 Å².